The van der Waals surface area contributed by atoms with E-state index < -0.39 is 0 Å². The Kier molecular flexibility index (Phi) is 3.59. The predicted molar refractivity (Wildman–Crippen MR) is 84.8 cm³/mol. The van der Waals surface area contributed by atoms with Crippen LogP contribution >= 0.6 is 15.9 Å². The quantitative estimate of drug-likeness (QED) is 0.866. The number of fused-ring (bicyclic) bond motifs is 3. The van der Waals surface area contributed by atoms with Gasteiger partial charge in [0, 0.05) is 33.0 Å². The lowest BCUT2D eigenvalue weighted by Crippen LogP contribution is -2.40. The SMILES string of the molecule is CC(C)C(=O)N[C@@H]1CCc2[nH]c3ccc(Br)cc3c2C1. The van der Waals surface area contributed by atoms with Crippen LogP contribution in [0.5, 0.6) is 0 Å². The molecule has 0 saturated carbocycles. The van der Waals surface area contributed by atoms with Gasteiger partial charge in [0.05, 0.1) is 0 Å². The van der Waals surface area contributed by atoms with Gasteiger partial charge in [0.25, 0.3) is 0 Å². The van der Waals surface area contributed by atoms with Crippen LogP contribution in [-0.2, 0) is 17.6 Å². The van der Waals surface area contributed by atoms with E-state index in [0.29, 0.717) is 0 Å². The Morgan fingerprint density at radius 1 is 1.45 bits per heavy atom. The Labute approximate surface area is 127 Å². The van der Waals surface area contributed by atoms with Crippen LogP contribution in [0.3, 0.4) is 0 Å². The first-order valence-corrected chi connectivity index (χ1v) is 7.93. The Morgan fingerprint density at radius 3 is 3.00 bits per heavy atom. The zero-order valence-electron chi connectivity index (χ0n) is 11.8. The molecule has 1 aromatic carbocycles. The molecule has 0 bridgehead atoms. The standard InChI is InChI=1S/C16H19BrN2O/c1-9(2)16(20)18-11-4-6-15-13(8-11)12-7-10(17)3-5-14(12)19-15/h3,5,7,9,11,19H,4,6,8H2,1-2H3,(H,18,20)/t11-/m1/s1. The molecule has 3 nitrogen and oxygen atoms in total. The highest BCUT2D eigenvalue weighted by atomic mass is 79.9. The third-order valence-electron chi connectivity index (χ3n) is 4.02. The molecule has 1 atom stereocenters. The van der Waals surface area contributed by atoms with Gasteiger partial charge < -0.3 is 10.3 Å². The fourth-order valence-electron chi connectivity index (χ4n) is 2.88. The minimum absolute atomic E-state index is 0.0495. The van der Waals surface area contributed by atoms with E-state index in [2.05, 4.69) is 44.4 Å². The molecule has 4 heteroatoms. The van der Waals surface area contributed by atoms with Gasteiger partial charge in [0.15, 0.2) is 0 Å². The van der Waals surface area contributed by atoms with E-state index in [1.807, 2.05) is 13.8 Å². The number of rotatable bonds is 2. The van der Waals surface area contributed by atoms with Crippen molar-refractivity contribution in [2.24, 2.45) is 5.92 Å². The van der Waals surface area contributed by atoms with E-state index in [9.17, 15) is 4.79 Å². The Hall–Kier alpha value is -1.29. The van der Waals surface area contributed by atoms with Gasteiger partial charge in [-0.3, -0.25) is 4.79 Å². The first-order chi connectivity index (χ1) is 9.54. The minimum atomic E-state index is 0.0495. The number of aryl methyl sites for hydroxylation is 1. The largest absolute Gasteiger partial charge is 0.358 e. The fourth-order valence-corrected chi connectivity index (χ4v) is 3.24. The van der Waals surface area contributed by atoms with Crippen molar-refractivity contribution in [3.8, 4) is 0 Å². The molecule has 0 unspecified atom stereocenters. The van der Waals surface area contributed by atoms with E-state index in [1.54, 1.807) is 0 Å². The van der Waals surface area contributed by atoms with Gasteiger partial charge in [-0.1, -0.05) is 29.8 Å². The van der Waals surface area contributed by atoms with E-state index in [4.69, 9.17) is 0 Å². The molecular formula is C16H19BrN2O. The number of H-pyrrole nitrogens is 1. The van der Waals surface area contributed by atoms with Crippen LogP contribution in [-0.4, -0.2) is 16.9 Å². The number of nitrogens with one attached hydrogen (secondary N) is 2. The molecule has 3 rings (SSSR count). The summed E-state index contributed by atoms with van der Waals surface area (Å²) in [6.07, 6.45) is 2.94. The van der Waals surface area contributed by atoms with Crippen LogP contribution < -0.4 is 5.32 Å². The topological polar surface area (TPSA) is 44.9 Å². The lowest BCUT2D eigenvalue weighted by Gasteiger charge is -2.24. The van der Waals surface area contributed by atoms with Gasteiger partial charge in [-0.2, -0.15) is 0 Å². The van der Waals surface area contributed by atoms with Crippen LogP contribution in [0.1, 0.15) is 31.5 Å². The highest BCUT2D eigenvalue weighted by molar-refractivity contribution is 9.10. The monoisotopic (exact) mass is 334 g/mol. The normalized spacial score (nSPS) is 18.3. The molecule has 0 aliphatic heterocycles. The number of carbonyl (C=O) groups excluding carboxylic acids is 1. The molecule has 2 aromatic rings. The van der Waals surface area contributed by atoms with Crippen LogP contribution in [0.25, 0.3) is 10.9 Å². The van der Waals surface area contributed by atoms with Gasteiger partial charge in [0.1, 0.15) is 0 Å². The number of carbonyl (C=O) groups is 1. The molecule has 1 amide bonds. The van der Waals surface area contributed by atoms with Gasteiger partial charge in [0.2, 0.25) is 5.91 Å². The van der Waals surface area contributed by atoms with E-state index >= 15 is 0 Å². The van der Waals surface area contributed by atoms with E-state index in [1.165, 1.54) is 22.2 Å². The fraction of sp³-hybridized carbons (Fsp3) is 0.438. The maximum atomic E-state index is 11.9. The van der Waals surface area contributed by atoms with Crippen LogP contribution in [0, 0.1) is 5.92 Å². The Morgan fingerprint density at radius 2 is 2.25 bits per heavy atom. The van der Waals surface area contributed by atoms with Crippen LogP contribution in [0.4, 0.5) is 0 Å². The molecule has 0 spiro atoms. The lowest BCUT2D eigenvalue weighted by atomic mass is 9.91. The zero-order chi connectivity index (χ0) is 14.3. The maximum absolute atomic E-state index is 11.9. The summed E-state index contributed by atoms with van der Waals surface area (Å²) >= 11 is 3.54. The van der Waals surface area contributed by atoms with Gasteiger partial charge in [-0.05, 0) is 43.0 Å². The molecule has 0 saturated heterocycles. The van der Waals surface area contributed by atoms with Gasteiger partial charge in [-0.15, -0.1) is 0 Å². The van der Waals surface area contributed by atoms with Crippen molar-refractivity contribution < 1.29 is 4.79 Å². The van der Waals surface area contributed by atoms with Crippen molar-refractivity contribution in [3.63, 3.8) is 0 Å². The molecule has 0 fully saturated rings. The average Bonchev–Trinajstić information content (AvgIpc) is 2.76. The molecule has 1 aromatic heterocycles. The molecular weight excluding hydrogens is 316 g/mol. The molecule has 0 radical (unpaired) electrons. The third-order valence-corrected chi connectivity index (χ3v) is 4.51. The molecule has 1 aliphatic rings. The summed E-state index contributed by atoms with van der Waals surface area (Å²) in [5.74, 6) is 0.202. The third kappa shape index (κ3) is 2.49. The van der Waals surface area contributed by atoms with Gasteiger partial charge >= 0.3 is 0 Å². The molecule has 20 heavy (non-hydrogen) atoms. The number of aromatic nitrogens is 1. The summed E-state index contributed by atoms with van der Waals surface area (Å²) in [4.78, 5) is 15.4. The average molecular weight is 335 g/mol. The maximum Gasteiger partial charge on any atom is 0.222 e. The summed E-state index contributed by atoms with van der Waals surface area (Å²) in [5, 5.41) is 4.44. The molecule has 2 N–H and O–H groups in total. The minimum Gasteiger partial charge on any atom is -0.358 e. The molecule has 1 aliphatic carbocycles. The highest BCUT2D eigenvalue weighted by Crippen LogP contribution is 2.31. The van der Waals surface area contributed by atoms with Crippen LogP contribution in [0.15, 0.2) is 22.7 Å². The Bertz CT molecular complexity index is 660. The van der Waals surface area contributed by atoms with Crippen molar-refractivity contribution in [2.75, 3.05) is 0 Å². The van der Waals surface area contributed by atoms with Crippen molar-refractivity contribution >= 4 is 32.7 Å². The molecule has 106 valence electrons. The zero-order valence-corrected chi connectivity index (χ0v) is 13.4. The molecule has 1 heterocycles. The predicted octanol–water partition coefficient (Wildman–Crippen LogP) is 3.56. The van der Waals surface area contributed by atoms with Crippen molar-refractivity contribution in [1.29, 1.82) is 0 Å². The summed E-state index contributed by atoms with van der Waals surface area (Å²) < 4.78 is 1.10. The van der Waals surface area contributed by atoms with E-state index in [0.717, 1.165) is 23.7 Å². The van der Waals surface area contributed by atoms with E-state index in [-0.39, 0.29) is 17.9 Å². The second kappa shape index (κ2) is 5.24. The number of aromatic amines is 1. The van der Waals surface area contributed by atoms with Crippen molar-refractivity contribution in [3.05, 3.63) is 33.9 Å². The summed E-state index contributed by atoms with van der Waals surface area (Å²) in [6, 6.07) is 6.59. The smallest absolute Gasteiger partial charge is 0.222 e. The summed E-state index contributed by atoms with van der Waals surface area (Å²) in [6.45, 7) is 3.87. The highest BCUT2D eigenvalue weighted by Gasteiger charge is 2.24. The number of halogens is 1. The number of hydrogen-bond acceptors (Lipinski definition) is 1. The number of amides is 1. The number of benzene rings is 1. The van der Waals surface area contributed by atoms with Crippen LogP contribution in [0.2, 0.25) is 0 Å². The second-order valence-corrected chi connectivity index (χ2v) is 6.79. The summed E-state index contributed by atoms with van der Waals surface area (Å²) in [5.41, 5.74) is 3.88. The summed E-state index contributed by atoms with van der Waals surface area (Å²) in [7, 11) is 0. The van der Waals surface area contributed by atoms with Crippen molar-refractivity contribution in [1.82, 2.24) is 10.3 Å². The Balaban J connectivity index is 1.88. The van der Waals surface area contributed by atoms with Gasteiger partial charge in [-0.25, -0.2) is 0 Å². The lowest BCUT2D eigenvalue weighted by molar-refractivity contribution is -0.124. The first kappa shape index (κ1) is 13.7. The number of hydrogen-bond donors (Lipinski definition) is 2. The van der Waals surface area contributed by atoms with Crippen molar-refractivity contribution in [2.45, 2.75) is 39.2 Å². The second-order valence-electron chi connectivity index (χ2n) is 5.88. The first-order valence-electron chi connectivity index (χ1n) is 7.14.